The van der Waals surface area contributed by atoms with E-state index in [1.165, 1.54) is 5.01 Å². The number of hydrazine groups is 1. The van der Waals surface area contributed by atoms with Crippen molar-refractivity contribution in [3.63, 3.8) is 0 Å². The lowest BCUT2D eigenvalue weighted by atomic mass is 9.69. The van der Waals surface area contributed by atoms with E-state index in [1.54, 1.807) is 20.8 Å². The second kappa shape index (κ2) is 5.24. The molecule has 1 heterocycles. The highest BCUT2D eigenvalue weighted by molar-refractivity contribution is 5.85. The summed E-state index contributed by atoms with van der Waals surface area (Å²) in [4.78, 5) is 24.3. The molecule has 1 amide bonds. The number of carboxylic acids is 1. The lowest BCUT2D eigenvalue weighted by Gasteiger charge is -2.50. The zero-order valence-electron chi connectivity index (χ0n) is 13.2. The third-order valence-corrected chi connectivity index (χ3v) is 3.54. The van der Waals surface area contributed by atoms with Crippen LogP contribution in [0.1, 0.15) is 54.4 Å². The van der Waals surface area contributed by atoms with Gasteiger partial charge in [-0.3, -0.25) is 0 Å². The smallest absolute Gasteiger partial charge is 0.425 e. The summed E-state index contributed by atoms with van der Waals surface area (Å²) < 4.78 is 5.34. The Hall–Kier alpha value is -1.30. The van der Waals surface area contributed by atoms with E-state index >= 15 is 0 Å². The minimum atomic E-state index is -1.31. The molecule has 6 nitrogen and oxygen atoms in total. The summed E-state index contributed by atoms with van der Waals surface area (Å²) in [5.74, 6) is -1.01. The van der Waals surface area contributed by atoms with Gasteiger partial charge in [0.2, 0.25) is 0 Å². The van der Waals surface area contributed by atoms with E-state index in [4.69, 9.17) is 4.74 Å². The molecule has 1 rings (SSSR count). The molecule has 0 aliphatic carbocycles. The highest BCUT2D eigenvalue weighted by atomic mass is 16.6. The molecule has 1 fully saturated rings. The van der Waals surface area contributed by atoms with Crippen molar-refractivity contribution in [3.8, 4) is 0 Å². The number of carboxylic acid groups (broad SMARTS) is 1. The number of aliphatic carboxylic acids is 1. The average molecular weight is 286 g/mol. The van der Waals surface area contributed by atoms with Crippen molar-refractivity contribution in [1.29, 1.82) is 0 Å². The number of nitrogens with one attached hydrogen (secondary N) is 1. The molecule has 1 unspecified atom stereocenters. The van der Waals surface area contributed by atoms with Gasteiger partial charge < -0.3 is 9.84 Å². The SMILES string of the molecule is CC(C)(C)OC(=O)N1NCCCC1(C(=O)O)C(C)(C)C. The normalized spacial score (nSPS) is 24.4. The molecule has 2 N–H and O–H groups in total. The molecule has 6 heteroatoms. The van der Waals surface area contributed by atoms with Crippen molar-refractivity contribution in [2.75, 3.05) is 6.54 Å². The first kappa shape index (κ1) is 16.8. The molecule has 1 aliphatic rings. The van der Waals surface area contributed by atoms with Crippen molar-refractivity contribution >= 4 is 12.1 Å². The summed E-state index contributed by atoms with van der Waals surface area (Å²) in [6.45, 7) is 11.3. The molecule has 0 aromatic heterocycles. The fourth-order valence-corrected chi connectivity index (χ4v) is 2.54. The molecule has 0 aromatic rings. The summed E-state index contributed by atoms with van der Waals surface area (Å²) in [5, 5.41) is 10.9. The number of ether oxygens (including phenoxy) is 1. The van der Waals surface area contributed by atoms with E-state index in [1.807, 2.05) is 20.8 Å². The Balaban J connectivity index is 3.19. The highest BCUT2D eigenvalue weighted by Crippen LogP contribution is 2.41. The Labute approximate surface area is 120 Å². The van der Waals surface area contributed by atoms with Crippen molar-refractivity contribution in [2.45, 2.75) is 65.5 Å². The van der Waals surface area contributed by atoms with E-state index in [0.29, 0.717) is 19.4 Å². The van der Waals surface area contributed by atoms with E-state index in [-0.39, 0.29) is 0 Å². The lowest BCUT2D eigenvalue weighted by molar-refractivity contribution is -0.168. The summed E-state index contributed by atoms with van der Waals surface area (Å²) in [5.41, 5.74) is 0.296. The fraction of sp³-hybridized carbons (Fsp3) is 0.857. The third-order valence-electron chi connectivity index (χ3n) is 3.54. The Morgan fingerprint density at radius 3 is 2.15 bits per heavy atom. The molecule has 1 saturated heterocycles. The molecule has 1 atom stereocenters. The van der Waals surface area contributed by atoms with Crippen LogP contribution in [0.25, 0.3) is 0 Å². The van der Waals surface area contributed by atoms with Gasteiger partial charge in [-0.1, -0.05) is 20.8 Å². The second-order valence-electron chi connectivity index (χ2n) is 7.24. The number of nitrogens with zero attached hydrogens (tertiary/aromatic N) is 1. The van der Waals surface area contributed by atoms with Crippen LogP contribution in [0.4, 0.5) is 4.79 Å². The molecule has 0 saturated carbocycles. The van der Waals surface area contributed by atoms with Gasteiger partial charge in [0.25, 0.3) is 0 Å². The maximum atomic E-state index is 12.4. The van der Waals surface area contributed by atoms with Crippen LogP contribution in [0.2, 0.25) is 0 Å². The molecule has 0 aromatic carbocycles. The van der Waals surface area contributed by atoms with Gasteiger partial charge in [0.05, 0.1) is 0 Å². The van der Waals surface area contributed by atoms with Crippen LogP contribution in [-0.2, 0) is 9.53 Å². The van der Waals surface area contributed by atoms with Crippen molar-refractivity contribution < 1.29 is 19.4 Å². The summed E-state index contributed by atoms with van der Waals surface area (Å²) in [6.07, 6.45) is 0.454. The van der Waals surface area contributed by atoms with Gasteiger partial charge in [-0.15, -0.1) is 0 Å². The van der Waals surface area contributed by atoms with E-state index in [2.05, 4.69) is 5.43 Å². The van der Waals surface area contributed by atoms with Crippen LogP contribution < -0.4 is 5.43 Å². The van der Waals surface area contributed by atoms with Gasteiger partial charge in [-0.2, -0.15) is 0 Å². The van der Waals surface area contributed by atoms with Gasteiger partial charge in [-0.25, -0.2) is 20.0 Å². The van der Waals surface area contributed by atoms with Crippen molar-refractivity contribution in [1.82, 2.24) is 10.4 Å². The van der Waals surface area contributed by atoms with Crippen LogP contribution in [0.3, 0.4) is 0 Å². The predicted octanol–water partition coefficient (Wildman–Crippen LogP) is 2.39. The standard InChI is InChI=1S/C14H26N2O4/c1-12(2,3)14(10(17)18)8-7-9-15-16(14)11(19)20-13(4,5)6/h15H,7-9H2,1-6H3,(H,17,18). The molecule has 0 radical (unpaired) electrons. The first-order chi connectivity index (χ1) is 8.92. The van der Waals surface area contributed by atoms with Crippen molar-refractivity contribution in [3.05, 3.63) is 0 Å². The summed E-state index contributed by atoms with van der Waals surface area (Å²) in [7, 11) is 0. The van der Waals surface area contributed by atoms with Gasteiger partial charge in [0, 0.05) is 6.54 Å². The van der Waals surface area contributed by atoms with Crippen molar-refractivity contribution in [2.24, 2.45) is 5.41 Å². The highest BCUT2D eigenvalue weighted by Gasteiger charge is 2.57. The molecule has 0 bridgehead atoms. The van der Waals surface area contributed by atoms with Crippen LogP contribution in [-0.4, -0.2) is 39.9 Å². The lowest BCUT2D eigenvalue weighted by Crippen LogP contribution is -2.71. The molecular weight excluding hydrogens is 260 g/mol. The van der Waals surface area contributed by atoms with Gasteiger partial charge in [0.1, 0.15) is 5.60 Å². The van der Waals surface area contributed by atoms with E-state index in [9.17, 15) is 14.7 Å². The van der Waals surface area contributed by atoms with Crippen LogP contribution >= 0.6 is 0 Å². The monoisotopic (exact) mass is 286 g/mol. The molecule has 116 valence electrons. The average Bonchev–Trinajstić information content (AvgIpc) is 2.24. The summed E-state index contributed by atoms with van der Waals surface area (Å²) in [6, 6.07) is 0. The van der Waals surface area contributed by atoms with Gasteiger partial charge >= 0.3 is 12.1 Å². The van der Waals surface area contributed by atoms with Crippen LogP contribution in [0.5, 0.6) is 0 Å². The Morgan fingerprint density at radius 1 is 1.20 bits per heavy atom. The number of rotatable bonds is 1. The van der Waals surface area contributed by atoms with E-state index < -0.39 is 28.6 Å². The minimum absolute atomic E-state index is 0.401. The fourth-order valence-electron chi connectivity index (χ4n) is 2.54. The molecule has 0 spiro atoms. The summed E-state index contributed by atoms with van der Waals surface area (Å²) >= 11 is 0. The topological polar surface area (TPSA) is 78.9 Å². The number of hydrogen-bond donors (Lipinski definition) is 2. The minimum Gasteiger partial charge on any atom is -0.479 e. The second-order valence-corrected chi connectivity index (χ2v) is 7.24. The number of carbonyl (C=O) groups is 2. The Morgan fingerprint density at radius 2 is 1.75 bits per heavy atom. The number of carbonyl (C=O) groups excluding carboxylic acids is 1. The molecule has 1 aliphatic heterocycles. The first-order valence-corrected chi connectivity index (χ1v) is 6.92. The third kappa shape index (κ3) is 3.06. The van der Waals surface area contributed by atoms with Crippen LogP contribution in [0, 0.1) is 5.41 Å². The quantitative estimate of drug-likeness (QED) is 0.773. The molecular formula is C14H26N2O4. The molecule has 20 heavy (non-hydrogen) atoms. The van der Waals surface area contributed by atoms with Gasteiger partial charge in [0.15, 0.2) is 5.54 Å². The first-order valence-electron chi connectivity index (χ1n) is 6.92. The Kier molecular flexibility index (Phi) is 4.39. The number of amides is 1. The largest absolute Gasteiger partial charge is 0.479 e. The zero-order valence-corrected chi connectivity index (χ0v) is 13.2. The predicted molar refractivity (Wildman–Crippen MR) is 75.1 cm³/mol. The van der Waals surface area contributed by atoms with E-state index in [0.717, 1.165) is 0 Å². The Bertz CT molecular complexity index is 395. The van der Waals surface area contributed by atoms with Crippen LogP contribution in [0.15, 0.2) is 0 Å². The maximum Gasteiger partial charge on any atom is 0.425 e. The number of hydrogen-bond acceptors (Lipinski definition) is 4. The maximum absolute atomic E-state index is 12.4. The van der Waals surface area contributed by atoms with Gasteiger partial charge in [-0.05, 0) is 39.0 Å². The zero-order chi connectivity index (χ0) is 15.8.